The van der Waals surface area contributed by atoms with Gasteiger partial charge in [0.15, 0.2) is 11.6 Å². The van der Waals surface area contributed by atoms with E-state index < -0.39 is 5.54 Å². The summed E-state index contributed by atoms with van der Waals surface area (Å²) in [5.74, 6) is 0.657. The number of rotatable bonds is 6. The Morgan fingerprint density at radius 1 is 1.16 bits per heavy atom. The van der Waals surface area contributed by atoms with Gasteiger partial charge in [0.1, 0.15) is 5.54 Å². The number of Topliss-reactive ketones (excluding diaryl/α,β-unsaturated/α-hetero) is 1. The molecule has 0 bridgehead atoms. The second-order valence-electron chi connectivity index (χ2n) is 7.54. The molecular weight excluding hydrogens is 432 g/mol. The van der Waals surface area contributed by atoms with Gasteiger partial charge in [0.05, 0.1) is 5.75 Å². The average molecular weight is 455 g/mol. The lowest BCUT2D eigenvalue weighted by atomic mass is 9.74. The Hall–Kier alpha value is -2.64. The lowest BCUT2D eigenvalue weighted by Gasteiger charge is -2.44. The lowest BCUT2D eigenvalue weighted by Crippen LogP contribution is -2.54. The Balaban J connectivity index is 1.52. The van der Waals surface area contributed by atoms with Gasteiger partial charge in [-0.2, -0.15) is 0 Å². The molecule has 0 spiro atoms. The second kappa shape index (κ2) is 9.24. The lowest BCUT2D eigenvalue weighted by molar-refractivity contribution is -0.146. The first-order valence-corrected chi connectivity index (χ1v) is 11.5. The largest absolute Gasteiger partial charge is 0.328 e. The maximum atomic E-state index is 13.2. The molecule has 0 saturated heterocycles. The van der Waals surface area contributed by atoms with Gasteiger partial charge in [-0.05, 0) is 25.3 Å². The number of likely N-dealkylation sites (N-methyl/N-ethyl adjacent to an activating group) is 1. The number of nitrogens with zero attached hydrogens (tertiary/aromatic N) is 3. The van der Waals surface area contributed by atoms with Crippen LogP contribution in [0.15, 0.2) is 59.8 Å². The van der Waals surface area contributed by atoms with E-state index in [4.69, 9.17) is 11.6 Å². The molecule has 1 heterocycles. The van der Waals surface area contributed by atoms with Crippen LogP contribution >= 0.6 is 23.4 Å². The molecule has 1 aliphatic rings. The van der Waals surface area contributed by atoms with Gasteiger partial charge in [0, 0.05) is 29.6 Å². The van der Waals surface area contributed by atoms with Crippen LogP contribution in [0.3, 0.4) is 0 Å². The zero-order valence-electron chi connectivity index (χ0n) is 17.2. The van der Waals surface area contributed by atoms with Crippen molar-refractivity contribution in [2.24, 2.45) is 0 Å². The van der Waals surface area contributed by atoms with Crippen LogP contribution in [0.25, 0.3) is 11.4 Å². The normalized spacial score (nSPS) is 18.7. The minimum atomic E-state index is -1.03. The summed E-state index contributed by atoms with van der Waals surface area (Å²) in [5.41, 5.74) is 0.602. The molecule has 8 heteroatoms. The number of halogens is 1. The van der Waals surface area contributed by atoms with Crippen molar-refractivity contribution in [1.82, 2.24) is 20.1 Å². The number of benzene rings is 2. The minimum Gasteiger partial charge on any atom is -0.328 e. The molecule has 31 heavy (non-hydrogen) atoms. The number of carbonyl (C=O) groups excluding carboxylic acids is 2. The fourth-order valence-electron chi connectivity index (χ4n) is 4.10. The molecule has 2 aromatic carbocycles. The van der Waals surface area contributed by atoms with Gasteiger partial charge in [-0.25, -0.2) is 4.98 Å². The Morgan fingerprint density at radius 3 is 2.65 bits per heavy atom. The van der Waals surface area contributed by atoms with Crippen molar-refractivity contribution >= 4 is 35.1 Å². The van der Waals surface area contributed by atoms with Crippen molar-refractivity contribution in [2.45, 2.75) is 36.4 Å². The quantitative estimate of drug-likeness (QED) is 0.545. The van der Waals surface area contributed by atoms with E-state index in [-0.39, 0.29) is 17.4 Å². The van der Waals surface area contributed by atoms with Crippen LogP contribution in [0.4, 0.5) is 0 Å². The number of hydrogen-bond donors (Lipinski definition) is 1. The Kier molecular flexibility index (Phi) is 6.43. The van der Waals surface area contributed by atoms with Crippen LogP contribution in [0.2, 0.25) is 5.02 Å². The Morgan fingerprint density at radius 2 is 1.90 bits per heavy atom. The van der Waals surface area contributed by atoms with Gasteiger partial charge in [-0.1, -0.05) is 71.9 Å². The van der Waals surface area contributed by atoms with E-state index in [1.54, 1.807) is 18.0 Å². The van der Waals surface area contributed by atoms with E-state index >= 15 is 0 Å². The fraction of sp³-hybridized carbons (Fsp3) is 0.304. The number of hydrogen-bond acceptors (Lipinski definition) is 5. The summed E-state index contributed by atoms with van der Waals surface area (Å²) in [4.78, 5) is 32.4. The van der Waals surface area contributed by atoms with Crippen LogP contribution in [0.1, 0.15) is 31.2 Å². The number of thioether (sulfide) groups is 1. The SMILES string of the molecule is CN(C(=O)CSc1n[nH]c(-c2ccccc2)n1)[C@]1(c2ccccc2Cl)CCCCC1=O. The molecule has 6 nitrogen and oxygen atoms in total. The summed E-state index contributed by atoms with van der Waals surface area (Å²) < 4.78 is 0. The number of amides is 1. The van der Waals surface area contributed by atoms with E-state index in [1.165, 1.54) is 11.8 Å². The third-order valence-corrected chi connectivity index (χ3v) is 6.92. The molecule has 4 rings (SSSR count). The number of nitrogens with one attached hydrogen (secondary N) is 1. The van der Waals surface area contributed by atoms with E-state index in [0.717, 1.165) is 18.4 Å². The highest BCUT2D eigenvalue weighted by Crippen LogP contribution is 2.42. The van der Waals surface area contributed by atoms with Gasteiger partial charge in [-0.15, -0.1) is 5.10 Å². The number of aromatic nitrogens is 3. The molecule has 160 valence electrons. The molecule has 1 aliphatic carbocycles. The van der Waals surface area contributed by atoms with E-state index in [2.05, 4.69) is 15.2 Å². The molecule has 0 aliphatic heterocycles. The molecule has 1 N–H and O–H groups in total. The van der Waals surface area contributed by atoms with Gasteiger partial charge < -0.3 is 4.90 Å². The molecular formula is C23H23ClN4O2S. The molecule has 1 atom stereocenters. The van der Waals surface area contributed by atoms with Crippen LogP contribution in [0, 0.1) is 0 Å². The first-order chi connectivity index (χ1) is 15.0. The van der Waals surface area contributed by atoms with Gasteiger partial charge >= 0.3 is 0 Å². The van der Waals surface area contributed by atoms with Gasteiger partial charge in [0.2, 0.25) is 11.1 Å². The van der Waals surface area contributed by atoms with Gasteiger partial charge in [0.25, 0.3) is 0 Å². The van der Waals surface area contributed by atoms with Crippen molar-refractivity contribution in [2.75, 3.05) is 12.8 Å². The number of aromatic amines is 1. The predicted octanol–water partition coefficient (Wildman–Crippen LogP) is 4.71. The van der Waals surface area contributed by atoms with E-state index in [9.17, 15) is 9.59 Å². The number of ketones is 1. The summed E-state index contributed by atoms with van der Waals surface area (Å²) >= 11 is 7.72. The smallest absolute Gasteiger partial charge is 0.233 e. The summed E-state index contributed by atoms with van der Waals surface area (Å²) in [6.45, 7) is 0. The van der Waals surface area contributed by atoms with Crippen LogP contribution in [-0.4, -0.2) is 44.6 Å². The highest BCUT2D eigenvalue weighted by atomic mass is 35.5. The Labute approximate surface area is 190 Å². The summed E-state index contributed by atoms with van der Waals surface area (Å²) in [6.07, 6.45) is 2.71. The zero-order chi connectivity index (χ0) is 21.8. The first kappa shape index (κ1) is 21.6. The number of carbonyl (C=O) groups is 2. The second-order valence-corrected chi connectivity index (χ2v) is 8.89. The maximum absolute atomic E-state index is 13.2. The van der Waals surface area contributed by atoms with Crippen molar-refractivity contribution in [1.29, 1.82) is 0 Å². The third-order valence-electron chi connectivity index (χ3n) is 5.76. The standard InChI is InChI=1S/C23H23ClN4O2S/c1-28(23(14-8-7-13-19(23)29)17-11-5-6-12-18(17)24)20(30)15-31-22-25-21(26-27-22)16-9-3-2-4-10-16/h2-6,9-12H,7-8,13-15H2,1H3,(H,25,26,27)/t23-/m0/s1. The molecule has 1 fully saturated rings. The van der Waals surface area contributed by atoms with Crippen LogP contribution < -0.4 is 0 Å². The predicted molar refractivity (Wildman–Crippen MR) is 122 cm³/mol. The van der Waals surface area contributed by atoms with E-state index in [1.807, 2.05) is 48.5 Å². The van der Waals surface area contributed by atoms with Crippen molar-refractivity contribution in [3.63, 3.8) is 0 Å². The van der Waals surface area contributed by atoms with Crippen molar-refractivity contribution in [3.8, 4) is 11.4 Å². The van der Waals surface area contributed by atoms with Crippen LogP contribution in [0.5, 0.6) is 0 Å². The first-order valence-electron chi connectivity index (χ1n) is 10.2. The van der Waals surface area contributed by atoms with E-state index in [0.29, 0.717) is 34.4 Å². The molecule has 3 aromatic rings. The highest BCUT2D eigenvalue weighted by Gasteiger charge is 2.47. The third kappa shape index (κ3) is 4.25. The van der Waals surface area contributed by atoms with Gasteiger partial charge in [-0.3, -0.25) is 14.7 Å². The topological polar surface area (TPSA) is 79.0 Å². The Bertz CT molecular complexity index is 1090. The summed E-state index contributed by atoms with van der Waals surface area (Å²) in [6, 6.07) is 17.0. The maximum Gasteiger partial charge on any atom is 0.233 e. The van der Waals surface area contributed by atoms with Crippen molar-refractivity contribution < 1.29 is 9.59 Å². The summed E-state index contributed by atoms with van der Waals surface area (Å²) in [7, 11) is 1.70. The van der Waals surface area contributed by atoms with Crippen LogP contribution in [-0.2, 0) is 15.1 Å². The van der Waals surface area contributed by atoms with Crippen molar-refractivity contribution in [3.05, 3.63) is 65.2 Å². The molecule has 0 radical (unpaired) electrons. The number of H-pyrrole nitrogens is 1. The molecule has 1 aromatic heterocycles. The summed E-state index contributed by atoms with van der Waals surface area (Å²) in [5, 5.41) is 8.11. The minimum absolute atomic E-state index is 0.0389. The highest BCUT2D eigenvalue weighted by molar-refractivity contribution is 7.99. The molecule has 1 saturated carbocycles. The molecule has 1 amide bonds. The monoisotopic (exact) mass is 454 g/mol. The fourth-order valence-corrected chi connectivity index (χ4v) is 5.11. The average Bonchev–Trinajstić information content (AvgIpc) is 3.28. The molecule has 0 unspecified atom stereocenters. The zero-order valence-corrected chi connectivity index (χ0v) is 18.7.